The third-order valence-corrected chi connectivity index (χ3v) is 4.63. The molecule has 1 unspecified atom stereocenters. The molecule has 1 aromatic rings. The van der Waals surface area contributed by atoms with Gasteiger partial charge < -0.3 is 10.2 Å². The smallest absolute Gasteiger partial charge is 0.325 e. The molecule has 1 aromatic carbocycles. The van der Waals surface area contributed by atoms with Gasteiger partial charge in [-0.1, -0.05) is 12.1 Å². The molecule has 0 saturated carbocycles. The van der Waals surface area contributed by atoms with Gasteiger partial charge in [-0.05, 0) is 42.9 Å². The number of halogens is 1. The van der Waals surface area contributed by atoms with Crippen molar-refractivity contribution in [3.63, 3.8) is 0 Å². The highest BCUT2D eigenvalue weighted by atomic mass is 19.1. The summed E-state index contributed by atoms with van der Waals surface area (Å²) < 4.78 is 13.6. The Kier molecular flexibility index (Phi) is 4.51. The van der Waals surface area contributed by atoms with Gasteiger partial charge >= 0.3 is 6.03 Å². The van der Waals surface area contributed by atoms with Crippen LogP contribution in [0.25, 0.3) is 0 Å². The molecule has 2 saturated heterocycles. The maximum absolute atomic E-state index is 13.6. The van der Waals surface area contributed by atoms with Gasteiger partial charge in [0.05, 0.1) is 6.54 Å². The van der Waals surface area contributed by atoms with Gasteiger partial charge in [0.2, 0.25) is 5.91 Å². The highest BCUT2D eigenvalue weighted by Crippen LogP contribution is 2.22. The Bertz CT molecular complexity index is 676. The molecule has 2 heterocycles. The average molecular weight is 333 g/mol. The van der Waals surface area contributed by atoms with Gasteiger partial charge in [0.15, 0.2) is 0 Å². The SMILES string of the molecule is Cc1ccc(CC2CCN(C(=O)CN3C(=O)CNC3=O)C2)cc1F. The Hall–Kier alpha value is -2.44. The van der Waals surface area contributed by atoms with Crippen LogP contribution in [0.2, 0.25) is 0 Å². The molecule has 0 aromatic heterocycles. The van der Waals surface area contributed by atoms with E-state index in [1.165, 1.54) is 0 Å². The summed E-state index contributed by atoms with van der Waals surface area (Å²) in [5.74, 6) is -0.548. The minimum Gasteiger partial charge on any atom is -0.341 e. The van der Waals surface area contributed by atoms with E-state index in [-0.39, 0.29) is 36.6 Å². The van der Waals surface area contributed by atoms with E-state index in [1.54, 1.807) is 24.0 Å². The Morgan fingerprint density at radius 2 is 2.17 bits per heavy atom. The minimum absolute atomic E-state index is 0.0479. The van der Waals surface area contributed by atoms with Gasteiger partial charge in [-0.2, -0.15) is 0 Å². The number of hydrogen-bond donors (Lipinski definition) is 1. The topological polar surface area (TPSA) is 69.7 Å². The molecule has 0 radical (unpaired) electrons. The van der Waals surface area contributed by atoms with E-state index in [0.717, 1.165) is 16.9 Å². The van der Waals surface area contributed by atoms with Crippen LogP contribution in [0, 0.1) is 18.7 Å². The highest BCUT2D eigenvalue weighted by molar-refractivity contribution is 6.04. The van der Waals surface area contributed by atoms with Crippen LogP contribution < -0.4 is 5.32 Å². The van der Waals surface area contributed by atoms with Crippen LogP contribution in [0.3, 0.4) is 0 Å². The molecule has 6 nitrogen and oxygen atoms in total. The van der Waals surface area contributed by atoms with Gasteiger partial charge in [-0.3, -0.25) is 14.5 Å². The molecule has 0 bridgehead atoms. The van der Waals surface area contributed by atoms with Crippen molar-refractivity contribution in [1.29, 1.82) is 0 Å². The summed E-state index contributed by atoms with van der Waals surface area (Å²) in [7, 11) is 0. The summed E-state index contributed by atoms with van der Waals surface area (Å²) in [4.78, 5) is 37.9. The van der Waals surface area contributed by atoms with Crippen LogP contribution in [-0.4, -0.2) is 53.8 Å². The second-order valence-electron chi connectivity index (χ2n) is 6.42. The maximum atomic E-state index is 13.6. The van der Waals surface area contributed by atoms with Crippen LogP contribution >= 0.6 is 0 Å². The molecule has 1 atom stereocenters. The minimum atomic E-state index is -0.515. The lowest BCUT2D eigenvalue weighted by Crippen LogP contribution is -2.42. The standard InChI is InChI=1S/C17H20FN3O3/c1-11-2-3-12(7-14(11)18)6-13-4-5-20(9-13)16(23)10-21-15(22)8-19-17(21)24/h2-3,7,13H,4-6,8-10H2,1H3,(H,19,24). The predicted octanol–water partition coefficient (Wildman–Crippen LogP) is 1.08. The molecule has 4 amide bonds. The van der Waals surface area contributed by atoms with Crippen molar-refractivity contribution in [3.8, 4) is 0 Å². The molecule has 7 heteroatoms. The van der Waals surface area contributed by atoms with Crippen LogP contribution in [0.15, 0.2) is 18.2 Å². The first-order chi connectivity index (χ1) is 11.4. The van der Waals surface area contributed by atoms with Crippen molar-refractivity contribution in [2.24, 2.45) is 5.92 Å². The number of benzene rings is 1. The average Bonchev–Trinajstić information content (AvgIpc) is 3.13. The van der Waals surface area contributed by atoms with Gasteiger partial charge in [0, 0.05) is 13.1 Å². The summed E-state index contributed by atoms with van der Waals surface area (Å²) in [5.41, 5.74) is 1.54. The molecule has 2 aliphatic heterocycles. The summed E-state index contributed by atoms with van der Waals surface area (Å²) in [6, 6.07) is 4.71. The van der Waals surface area contributed by atoms with Gasteiger partial charge in [0.25, 0.3) is 5.91 Å². The van der Waals surface area contributed by atoms with E-state index in [4.69, 9.17) is 0 Å². The van der Waals surface area contributed by atoms with E-state index in [1.807, 2.05) is 6.07 Å². The molecule has 0 aliphatic carbocycles. The molecular weight excluding hydrogens is 313 g/mol. The summed E-state index contributed by atoms with van der Waals surface area (Å²) in [6.07, 6.45) is 1.55. The molecule has 2 aliphatic rings. The Morgan fingerprint density at radius 3 is 2.83 bits per heavy atom. The van der Waals surface area contributed by atoms with Crippen molar-refractivity contribution < 1.29 is 18.8 Å². The molecular formula is C17H20FN3O3. The number of carbonyl (C=O) groups excluding carboxylic acids is 3. The second-order valence-corrected chi connectivity index (χ2v) is 6.42. The molecule has 0 spiro atoms. The lowest BCUT2D eigenvalue weighted by Gasteiger charge is -2.19. The number of nitrogens with zero attached hydrogens (tertiary/aromatic N) is 2. The van der Waals surface area contributed by atoms with Crippen molar-refractivity contribution in [2.45, 2.75) is 19.8 Å². The Balaban J connectivity index is 1.54. The summed E-state index contributed by atoms with van der Waals surface area (Å²) in [6.45, 7) is 2.63. The van der Waals surface area contributed by atoms with E-state index in [2.05, 4.69) is 5.32 Å². The molecule has 2 fully saturated rings. The number of rotatable bonds is 4. The van der Waals surface area contributed by atoms with Gasteiger partial charge in [-0.25, -0.2) is 9.18 Å². The lowest BCUT2D eigenvalue weighted by atomic mass is 9.98. The van der Waals surface area contributed by atoms with E-state index < -0.39 is 6.03 Å². The highest BCUT2D eigenvalue weighted by Gasteiger charge is 2.33. The number of imide groups is 1. The first-order valence-electron chi connectivity index (χ1n) is 8.05. The maximum Gasteiger partial charge on any atom is 0.325 e. The van der Waals surface area contributed by atoms with E-state index >= 15 is 0 Å². The quantitative estimate of drug-likeness (QED) is 0.838. The zero-order chi connectivity index (χ0) is 17.3. The Morgan fingerprint density at radius 1 is 1.38 bits per heavy atom. The number of hydrogen-bond acceptors (Lipinski definition) is 3. The number of amides is 4. The first-order valence-corrected chi connectivity index (χ1v) is 8.05. The number of urea groups is 1. The number of carbonyl (C=O) groups is 3. The lowest BCUT2D eigenvalue weighted by molar-refractivity contribution is -0.135. The van der Waals surface area contributed by atoms with Crippen molar-refractivity contribution >= 4 is 17.8 Å². The van der Waals surface area contributed by atoms with Gasteiger partial charge in [0.1, 0.15) is 12.4 Å². The number of nitrogens with one attached hydrogen (secondary N) is 1. The van der Waals surface area contributed by atoms with E-state index in [0.29, 0.717) is 25.1 Å². The van der Waals surface area contributed by atoms with Crippen LogP contribution in [0.5, 0.6) is 0 Å². The normalized spacial score (nSPS) is 20.7. The summed E-state index contributed by atoms with van der Waals surface area (Å²) in [5, 5.41) is 2.40. The molecule has 24 heavy (non-hydrogen) atoms. The zero-order valence-electron chi connectivity index (χ0n) is 13.5. The molecule has 1 N–H and O–H groups in total. The first kappa shape index (κ1) is 16.4. The van der Waals surface area contributed by atoms with Gasteiger partial charge in [-0.15, -0.1) is 0 Å². The largest absolute Gasteiger partial charge is 0.341 e. The monoisotopic (exact) mass is 333 g/mol. The van der Waals surface area contributed by atoms with Crippen LogP contribution in [0.4, 0.5) is 9.18 Å². The van der Waals surface area contributed by atoms with Crippen LogP contribution in [0.1, 0.15) is 17.5 Å². The fourth-order valence-corrected chi connectivity index (χ4v) is 3.17. The third kappa shape index (κ3) is 3.39. The zero-order valence-corrected chi connectivity index (χ0v) is 13.5. The van der Waals surface area contributed by atoms with Crippen molar-refractivity contribution in [3.05, 3.63) is 35.1 Å². The second kappa shape index (κ2) is 6.59. The molecule has 3 rings (SSSR count). The summed E-state index contributed by atoms with van der Waals surface area (Å²) >= 11 is 0. The fourth-order valence-electron chi connectivity index (χ4n) is 3.17. The fraction of sp³-hybridized carbons (Fsp3) is 0.471. The molecule has 128 valence electrons. The third-order valence-electron chi connectivity index (χ3n) is 4.63. The van der Waals surface area contributed by atoms with Crippen LogP contribution in [-0.2, 0) is 16.0 Å². The van der Waals surface area contributed by atoms with E-state index in [9.17, 15) is 18.8 Å². The predicted molar refractivity (Wildman–Crippen MR) is 84.6 cm³/mol. The van der Waals surface area contributed by atoms with Crippen molar-refractivity contribution in [1.82, 2.24) is 15.1 Å². The van der Waals surface area contributed by atoms with Crippen molar-refractivity contribution in [2.75, 3.05) is 26.2 Å². The number of likely N-dealkylation sites (tertiary alicyclic amines) is 1. The Labute approximate surface area is 139 Å². The number of aryl methyl sites for hydroxylation is 1.